The molecule has 2 unspecified atom stereocenters. The van der Waals surface area contributed by atoms with Gasteiger partial charge in [0.25, 0.3) is 0 Å². The summed E-state index contributed by atoms with van der Waals surface area (Å²) in [6.45, 7) is 2.98. The van der Waals surface area contributed by atoms with Crippen LogP contribution in [-0.4, -0.2) is 27.7 Å². The number of nitrogens with two attached hydrogens (primary N) is 1. The topological polar surface area (TPSA) is 81.4 Å². The summed E-state index contributed by atoms with van der Waals surface area (Å²) in [5, 5.41) is 0. The van der Waals surface area contributed by atoms with Crippen molar-refractivity contribution in [1.82, 2.24) is 4.72 Å². The highest BCUT2D eigenvalue weighted by atomic mass is 32.2. The van der Waals surface area contributed by atoms with Crippen LogP contribution in [0.4, 0.5) is 10.1 Å². The first-order valence-corrected chi connectivity index (χ1v) is 7.53. The summed E-state index contributed by atoms with van der Waals surface area (Å²) in [5.74, 6) is -0.412. The zero-order valence-corrected chi connectivity index (χ0v) is 11.4. The van der Waals surface area contributed by atoms with Gasteiger partial charge in [0.1, 0.15) is 10.7 Å². The van der Waals surface area contributed by atoms with Gasteiger partial charge in [0.15, 0.2) is 0 Å². The van der Waals surface area contributed by atoms with E-state index in [1.807, 2.05) is 0 Å². The maximum Gasteiger partial charge on any atom is 0.242 e. The molecule has 0 aliphatic carbocycles. The van der Waals surface area contributed by atoms with Crippen LogP contribution in [0.15, 0.2) is 23.1 Å². The lowest BCUT2D eigenvalue weighted by Gasteiger charge is -2.19. The van der Waals surface area contributed by atoms with Crippen molar-refractivity contribution >= 4 is 15.7 Å². The minimum absolute atomic E-state index is 0.0950. The molecule has 1 aliphatic heterocycles. The molecule has 0 radical (unpaired) electrons. The van der Waals surface area contributed by atoms with Crippen LogP contribution in [0.5, 0.6) is 0 Å². The standard InChI is InChI=1S/C12H17FN2O3S/c1-8(9-4-5-18-7-9)15-19(16,17)12-3-2-10(13)6-11(12)14/h2-3,6,8-9,15H,4-5,7,14H2,1H3. The lowest BCUT2D eigenvalue weighted by atomic mass is 10.0. The molecule has 2 rings (SSSR count). The van der Waals surface area contributed by atoms with Crippen LogP contribution in [0.3, 0.4) is 0 Å². The predicted octanol–water partition coefficient (Wildman–Crippen LogP) is 1.11. The van der Waals surface area contributed by atoms with Crippen molar-refractivity contribution in [3.8, 4) is 0 Å². The van der Waals surface area contributed by atoms with Gasteiger partial charge < -0.3 is 10.5 Å². The Morgan fingerprint density at radius 3 is 2.84 bits per heavy atom. The number of benzene rings is 1. The van der Waals surface area contributed by atoms with Crippen LogP contribution >= 0.6 is 0 Å². The highest BCUT2D eigenvalue weighted by Crippen LogP contribution is 2.22. The van der Waals surface area contributed by atoms with Gasteiger partial charge in [-0.05, 0) is 31.5 Å². The van der Waals surface area contributed by atoms with E-state index >= 15 is 0 Å². The third-order valence-electron chi connectivity index (χ3n) is 3.27. The summed E-state index contributed by atoms with van der Waals surface area (Å²) < 4.78 is 45.1. The van der Waals surface area contributed by atoms with Gasteiger partial charge in [-0.2, -0.15) is 0 Å². The molecule has 1 heterocycles. The summed E-state index contributed by atoms with van der Waals surface area (Å²) in [7, 11) is -3.74. The monoisotopic (exact) mass is 288 g/mol. The Bertz CT molecular complexity index is 556. The van der Waals surface area contributed by atoms with Gasteiger partial charge in [0, 0.05) is 18.6 Å². The molecule has 1 aromatic carbocycles. The number of hydrogen-bond donors (Lipinski definition) is 2. The van der Waals surface area contributed by atoms with Crippen LogP contribution in [-0.2, 0) is 14.8 Å². The van der Waals surface area contributed by atoms with E-state index in [1.54, 1.807) is 6.92 Å². The SMILES string of the molecule is CC(NS(=O)(=O)c1ccc(F)cc1N)C1CCOC1. The van der Waals surface area contributed by atoms with Crippen molar-refractivity contribution in [3.63, 3.8) is 0 Å². The molecule has 0 amide bonds. The number of anilines is 1. The number of nitrogen functional groups attached to an aromatic ring is 1. The van der Waals surface area contributed by atoms with Gasteiger partial charge in [-0.15, -0.1) is 0 Å². The molecular formula is C12H17FN2O3S. The Kier molecular flexibility index (Phi) is 4.07. The van der Waals surface area contributed by atoms with Crippen molar-refractivity contribution in [2.75, 3.05) is 18.9 Å². The number of rotatable bonds is 4. The number of ether oxygens (including phenoxy) is 1. The van der Waals surface area contributed by atoms with E-state index in [9.17, 15) is 12.8 Å². The molecule has 2 atom stereocenters. The van der Waals surface area contributed by atoms with E-state index in [2.05, 4.69) is 4.72 Å². The van der Waals surface area contributed by atoms with Crippen LogP contribution in [0.2, 0.25) is 0 Å². The molecule has 3 N–H and O–H groups in total. The lowest BCUT2D eigenvalue weighted by molar-refractivity contribution is 0.180. The van der Waals surface area contributed by atoms with E-state index in [0.29, 0.717) is 13.2 Å². The summed E-state index contributed by atoms with van der Waals surface area (Å²) >= 11 is 0. The second-order valence-electron chi connectivity index (χ2n) is 4.72. The Hall–Kier alpha value is -1.18. The van der Waals surface area contributed by atoms with Gasteiger partial charge in [0.2, 0.25) is 10.0 Å². The first-order chi connectivity index (χ1) is 8.90. The van der Waals surface area contributed by atoms with Gasteiger partial charge in [-0.25, -0.2) is 17.5 Å². The molecule has 0 bridgehead atoms. The first-order valence-electron chi connectivity index (χ1n) is 6.05. The Balaban J connectivity index is 2.17. The van der Waals surface area contributed by atoms with Gasteiger partial charge in [-0.3, -0.25) is 0 Å². The number of halogens is 1. The Morgan fingerprint density at radius 2 is 2.26 bits per heavy atom. The maximum atomic E-state index is 12.9. The van der Waals surface area contributed by atoms with E-state index in [0.717, 1.165) is 18.6 Å². The molecule has 0 saturated carbocycles. The van der Waals surface area contributed by atoms with Crippen molar-refractivity contribution in [3.05, 3.63) is 24.0 Å². The van der Waals surface area contributed by atoms with Crippen LogP contribution < -0.4 is 10.5 Å². The molecule has 1 fully saturated rings. The summed E-state index contributed by atoms with van der Waals surface area (Å²) in [6, 6.07) is 2.99. The fraction of sp³-hybridized carbons (Fsp3) is 0.500. The quantitative estimate of drug-likeness (QED) is 0.813. The lowest BCUT2D eigenvalue weighted by Crippen LogP contribution is -2.38. The smallest absolute Gasteiger partial charge is 0.242 e. The molecular weight excluding hydrogens is 271 g/mol. The largest absolute Gasteiger partial charge is 0.398 e. The molecule has 19 heavy (non-hydrogen) atoms. The average Bonchev–Trinajstić information content (AvgIpc) is 2.80. The summed E-state index contributed by atoms with van der Waals surface area (Å²) in [4.78, 5) is -0.0975. The zero-order chi connectivity index (χ0) is 14.0. The van der Waals surface area contributed by atoms with E-state index < -0.39 is 15.8 Å². The van der Waals surface area contributed by atoms with Crippen molar-refractivity contribution in [2.24, 2.45) is 5.92 Å². The van der Waals surface area contributed by atoms with Crippen molar-refractivity contribution < 1.29 is 17.5 Å². The van der Waals surface area contributed by atoms with E-state index in [1.165, 1.54) is 6.07 Å². The average molecular weight is 288 g/mol. The van der Waals surface area contributed by atoms with Crippen LogP contribution in [0.25, 0.3) is 0 Å². The zero-order valence-electron chi connectivity index (χ0n) is 10.6. The molecule has 1 aromatic rings. The van der Waals surface area contributed by atoms with Crippen molar-refractivity contribution in [1.29, 1.82) is 0 Å². The third-order valence-corrected chi connectivity index (χ3v) is 4.91. The maximum absolute atomic E-state index is 12.9. The normalized spacial score (nSPS) is 21.5. The molecule has 0 spiro atoms. The summed E-state index contributed by atoms with van der Waals surface area (Å²) in [5.41, 5.74) is 5.46. The minimum atomic E-state index is -3.74. The van der Waals surface area contributed by atoms with E-state index in [4.69, 9.17) is 10.5 Å². The third kappa shape index (κ3) is 3.23. The van der Waals surface area contributed by atoms with E-state index in [-0.39, 0.29) is 22.5 Å². The fourth-order valence-electron chi connectivity index (χ4n) is 2.12. The minimum Gasteiger partial charge on any atom is -0.398 e. The Morgan fingerprint density at radius 1 is 1.53 bits per heavy atom. The molecule has 5 nitrogen and oxygen atoms in total. The molecule has 1 saturated heterocycles. The van der Waals surface area contributed by atoms with Crippen LogP contribution in [0.1, 0.15) is 13.3 Å². The molecule has 7 heteroatoms. The van der Waals surface area contributed by atoms with Gasteiger partial charge in [-0.1, -0.05) is 0 Å². The summed E-state index contributed by atoms with van der Waals surface area (Å²) in [6.07, 6.45) is 0.822. The molecule has 106 valence electrons. The molecule has 0 aromatic heterocycles. The van der Waals surface area contributed by atoms with Gasteiger partial charge in [0.05, 0.1) is 12.3 Å². The Labute approximate surface area is 112 Å². The van der Waals surface area contributed by atoms with Gasteiger partial charge >= 0.3 is 0 Å². The van der Waals surface area contributed by atoms with Crippen molar-refractivity contribution in [2.45, 2.75) is 24.3 Å². The highest BCUT2D eigenvalue weighted by molar-refractivity contribution is 7.89. The number of hydrogen-bond acceptors (Lipinski definition) is 4. The highest BCUT2D eigenvalue weighted by Gasteiger charge is 2.27. The number of nitrogens with one attached hydrogen (secondary N) is 1. The fourth-order valence-corrected chi connectivity index (χ4v) is 3.54. The second-order valence-corrected chi connectivity index (χ2v) is 6.40. The predicted molar refractivity (Wildman–Crippen MR) is 69.5 cm³/mol. The molecule has 1 aliphatic rings. The second kappa shape index (κ2) is 5.44. The number of sulfonamides is 1. The van der Waals surface area contributed by atoms with Crippen LogP contribution in [0, 0.1) is 11.7 Å². The first kappa shape index (κ1) is 14.2.